The van der Waals surface area contributed by atoms with Crippen LogP contribution in [0.1, 0.15) is 27.5 Å². The van der Waals surface area contributed by atoms with Crippen LogP contribution in [0.4, 0.5) is 20.7 Å². The highest BCUT2D eigenvalue weighted by Crippen LogP contribution is 2.37. The summed E-state index contributed by atoms with van der Waals surface area (Å²) in [7, 11) is 0. The molecule has 1 atom stereocenters. The van der Waals surface area contributed by atoms with Crippen molar-refractivity contribution in [3.8, 4) is 0 Å². The van der Waals surface area contributed by atoms with Crippen LogP contribution in [0, 0.1) is 11.6 Å². The van der Waals surface area contributed by atoms with Crippen molar-refractivity contribution in [1.82, 2.24) is 14.8 Å². The zero-order valence-corrected chi connectivity index (χ0v) is 18.9. The Morgan fingerprint density at radius 1 is 1.00 bits per heavy atom. The van der Waals surface area contributed by atoms with E-state index in [0.29, 0.717) is 11.6 Å². The molecule has 172 valence electrons. The third-order valence-corrected chi connectivity index (χ3v) is 5.51. The zero-order valence-electron chi connectivity index (χ0n) is 17.4. The second-order valence-electron chi connectivity index (χ2n) is 7.32. The summed E-state index contributed by atoms with van der Waals surface area (Å²) < 4.78 is 29.5. The molecule has 34 heavy (non-hydrogen) atoms. The van der Waals surface area contributed by atoms with E-state index in [-0.39, 0.29) is 34.5 Å². The number of nitrogens with one attached hydrogen (secondary N) is 2. The molecule has 1 aliphatic heterocycles. The summed E-state index contributed by atoms with van der Waals surface area (Å²) in [6.45, 7) is 0. The quantitative estimate of drug-likeness (QED) is 0.364. The standard InChI is InChI=1S/C24H16ClF2N5O.ClH/c25-17-7-4-8-18(27)21(17)20-13-19(14-5-2-1-3-6-14)28-24-30-23(31-32(20)24)29-22(33)15-9-11-16(26)12-10-15;/h1-13,20H,(H2,28,29,30,31,33);1H. The lowest BCUT2D eigenvalue weighted by Crippen LogP contribution is -2.21. The highest BCUT2D eigenvalue weighted by Gasteiger charge is 2.29. The number of fused-ring (bicyclic) bond motifs is 1. The molecule has 1 unspecified atom stereocenters. The summed E-state index contributed by atoms with van der Waals surface area (Å²) in [5.41, 5.74) is 2.03. The summed E-state index contributed by atoms with van der Waals surface area (Å²) >= 11 is 6.36. The molecule has 2 N–H and O–H groups in total. The number of halogens is 4. The number of anilines is 2. The van der Waals surface area contributed by atoms with Gasteiger partial charge in [0.1, 0.15) is 17.7 Å². The summed E-state index contributed by atoms with van der Waals surface area (Å²) in [6.07, 6.45) is 1.80. The molecule has 0 saturated heterocycles. The lowest BCUT2D eigenvalue weighted by atomic mass is 10.0. The van der Waals surface area contributed by atoms with Crippen molar-refractivity contribution in [3.63, 3.8) is 0 Å². The van der Waals surface area contributed by atoms with Crippen LogP contribution in [-0.2, 0) is 0 Å². The Balaban J connectivity index is 0.00000274. The SMILES string of the molecule is Cl.O=C(Nc1nc2n(n1)C(c1c(F)cccc1Cl)C=C(c1ccccc1)N2)c1ccc(F)cc1. The average Bonchev–Trinajstić information content (AvgIpc) is 3.22. The van der Waals surface area contributed by atoms with Crippen molar-refractivity contribution in [1.29, 1.82) is 0 Å². The largest absolute Gasteiger partial charge is 0.324 e. The van der Waals surface area contributed by atoms with Gasteiger partial charge in [0.25, 0.3) is 11.9 Å². The fourth-order valence-corrected chi connectivity index (χ4v) is 3.88. The molecule has 3 aromatic carbocycles. The summed E-state index contributed by atoms with van der Waals surface area (Å²) in [5, 5.41) is 10.4. The van der Waals surface area contributed by atoms with E-state index >= 15 is 0 Å². The van der Waals surface area contributed by atoms with Crippen molar-refractivity contribution in [2.45, 2.75) is 6.04 Å². The Morgan fingerprint density at radius 2 is 1.74 bits per heavy atom. The van der Waals surface area contributed by atoms with Crippen LogP contribution in [0.5, 0.6) is 0 Å². The van der Waals surface area contributed by atoms with Crippen molar-refractivity contribution in [2.75, 3.05) is 10.6 Å². The second-order valence-corrected chi connectivity index (χ2v) is 7.72. The van der Waals surface area contributed by atoms with Gasteiger partial charge in [-0.15, -0.1) is 17.5 Å². The van der Waals surface area contributed by atoms with Crippen LogP contribution in [0.15, 0.2) is 78.9 Å². The van der Waals surface area contributed by atoms with E-state index in [0.717, 1.165) is 5.56 Å². The van der Waals surface area contributed by atoms with Gasteiger partial charge >= 0.3 is 0 Å². The van der Waals surface area contributed by atoms with Gasteiger partial charge in [0.2, 0.25) is 5.95 Å². The lowest BCUT2D eigenvalue weighted by Gasteiger charge is -2.25. The topological polar surface area (TPSA) is 71.8 Å². The molecule has 0 bridgehead atoms. The molecule has 2 heterocycles. The first kappa shape index (κ1) is 23.4. The summed E-state index contributed by atoms with van der Waals surface area (Å²) in [6, 6.07) is 18.3. The fourth-order valence-electron chi connectivity index (χ4n) is 3.61. The molecule has 6 nitrogen and oxygen atoms in total. The van der Waals surface area contributed by atoms with E-state index in [9.17, 15) is 13.6 Å². The first-order chi connectivity index (χ1) is 16.0. The average molecular weight is 500 g/mol. The van der Waals surface area contributed by atoms with E-state index in [4.69, 9.17) is 11.6 Å². The Labute approximate surface area is 204 Å². The van der Waals surface area contributed by atoms with Crippen LogP contribution in [0.25, 0.3) is 5.70 Å². The minimum Gasteiger partial charge on any atom is -0.324 e. The van der Waals surface area contributed by atoms with Gasteiger partial charge in [-0.1, -0.05) is 48.0 Å². The second kappa shape index (κ2) is 9.62. The molecule has 0 spiro atoms. The Bertz CT molecular complexity index is 1350. The van der Waals surface area contributed by atoms with Crippen LogP contribution in [0.3, 0.4) is 0 Å². The number of amides is 1. The molecule has 0 fully saturated rings. The number of benzene rings is 3. The molecule has 1 aromatic heterocycles. The maximum atomic E-state index is 14.8. The van der Waals surface area contributed by atoms with Crippen molar-refractivity contribution in [2.24, 2.45) is 0 Å². The summed E-state index contributed by atoms with van der Waals surface area (Å²) in [4.78, 5) is 16.9. The first-order valence-corrected chi connectivity index (χ1v) is 10.4. The smallest absolute Gasteiger partial charge is 0.258 e. The molecule has 0 aliphatic carbocycles. The number of hydrogen-bond acceptors (Lipinski definition) is 4. The number of aromatic nitrogens is 3. The molecule has 5 rings (SSSR count). The highest BCUT2D eigenvalue weighted by atomic mass is 35.5. The molecule has 1 aliphatic rings. The maximum Gasteiger partial charge on any atom is 0.258 e. The molecule has 1 amide bonds. The highest BCUT2D eigenvalue weighted by molar-refractivity contribution is 6.31. The molecule has 10 heteroatoms. The minimum atomic E-state index is -0.714. The minimum absolute atomic E-state index is 0. The van der Waals surface area contributed by atoms with Gasteiger partial charge < -0.3 is 5.32 Å². The van der Waals surface area contributed by atoms with Gasteiger partial charge in [-0.2, -0.15) is 4.98 Å². The van der Waals surface area contributed by atoms with Crippen molar-refractivity contribution >= 4 is 47.5 Å². The molecule has 0 radical (unpaired) electrons. The van der Waals surface area contributed by atoms with Crippen molar-refractivity contribution < 1.29 is 13.6 Å². The summed E-state index contributed by atoms with van der Waals surface area (Å²) in [5.74, 6) is -1.14. The maximum absolute atomic E-state index is 14.8. The molecular weight excluding hydrogens is 483 g/mol. The third kappa shape index (κ3) is 4.50. The van der Waals surface area contributed by atoms with Crippen LogP contribution >= 0.6 is 24.0 Å². The fraction of sp³-hybridized carbons (Fsp3) is 0.0417. The number of allylic oxidation sites excluding steroid dienone is 1. The Hall–Kier alpha value is -3.75. The van der Waals surface area contributed by atoms with E-state index in [1.54, 1.807) is 12.1 Å². The van der Waals surface area contributed by atoms with E-state index in [2.05, 4.69) is 20.7 Å². The number of hydrogen-bond donors (Lipinski definition) is 2. The van der Waals surface area contributed by atoms with Gasteiger partial charge in [-0.05, 0) is 48.0 Å². The first-order valence-electron chi connectivity index (χ1n) is 10.0. The van der Waals surface area contributed by atoms with Gasteiger partial charge in [0.05, 0.1) is 0 Å². The van der Waals surface area contributed by atoms with E-state index < -0.39 is 23.6 Å². The van der Waals surface area contributed by atoms with Gasteiger partial charge in [-0.3, -0.25) is 10.1 Å². The number of carbonyl (C=O) groups is 1. The lowest BCUT2D eigenvalue weighted by molar-refractivity contribution is 0.102. The number of nitrogens with zero attached hydrogens (tertiary/aromatic N) is 3. The molecule has 4 aromatic rings. The Kier molecular flexibility index (Phi) is 6.63. The third-order valence-electron chi connectivity index (χ3n) is 5.18. The zero-order chi connectivity index (χ0) is 22.9. The van der Waals surface area contributed by atoms with Crippen LogP contribution in [0.2, 0.25) is 5.02 Å². The molecular formula is C24H17Cl2F2N5O. The number of carbonyl (C=O) groups excluding carboxylic acids is 1. The number of rotatable bonds is 4. The van der Waals surface area contributed by atoms with E-state index in [1.807, 2.05) is 30.3 Å². The van der Waals surface area contributed by atoms with Gasteiger partial charge in [0, 0.05) is 21.8 Å². The predicted molar refractivity (Wildman–Crippen MR) is 129 cm³/mol. The van der Waals surface area contributed by atoms with Crippen LogP contribution < -0.4 is 10.6 Å². The van der Waals surface area contributed by atoms with E-state index in [1.165, 1.54) is 41.1 Å². The predicted octanol–water partition coefficient (Wildman–Crippen LogP) is 5.94. The normalized spacial score (nSPS) is 14.3. The van der Waals surface area contributed by atoms with Gasteiger partial charge in [-0.25, -0.2) is 13.5 Å². The monoisotopic (exact) mass is 499 g/mol. The van der Waals surface area contributed by atoms with Crippen LogP contribution in [-0.4, -0.2) is 20.7 Å². The molecule has 0 saturated carbocycles. The van der Waals surface area contributed by atoms with Gasteiger partial charge in [0.15, 0.2) is 0 Å². The Morgan fingerprint density at radius 3 is 2.44 bits per heavy atom. The van der Waals surface area contributed by atoms with Crippen molar-refractivity contribution in [3.05, 3.63) is 112 Å².